The lowest BCUT2D eigenvalue weighted by Gasteiger charge is -2.01. The first-order valence-corrected chi connectivity index (χ1v) is 9.51. The molecule has 0 aliphatic rings. The number of nitrogens with one attached hydrogen (secondary N) is 1. The third-order valence-electron chi connectivity index (χ3n) is 4.16. The summed E-state index contributed by atoms with van der Waals surface area (Å²) in [5.74, 6) is 0. The van der Waals surface area contributed by atoms with Crippen LogP contribution < -0.4 is 14.8 Å². The maximum Gasteiger partial charge on any atom is 0.266 e. The maximum absolute atomic E-state index is 12.1. The number of benzene rings is 2. The van der Waals surface area contributed by atoms with Crippen molar-refractivity contribution in [2.24, 2.45) is 0 Å². The van der Waals surface area contributed by atoms with Crippen LogP contribution >= 0.6 is 22.9 Å². The molecule has 4 rings (SSSR count). The molecule has 0 aliphatic heterocycles. The summed E-state index contributed by atoms with van der Waals surface area (Å²) < 4.78 is 3.03. The van der Waals surface area contributed by atoms with Crippen molar-refractivity contribution in [1.29, 1.82) is 0 Å². The van der Waals surface area contributed by atoms with Crippen LogP contribution in [0.5, 0.6) is 0 Å². The minimum Gasteiger partial charge on any atom is -0.313 e. The summed E-state index contributed by atoms with van der Waals surface area (Å²) in [7, 11) is 0. The zero-order valence-electron chi connectivity index (χ0n) is 14.6. The van der Waals surface area contributed by atoms with E-state index < -0.39 is 0 Å². The van der Waals surface area contributed by atoms with E-state index in [4.69, 9.17) is 16.7 Å². The standard InChI is InChI=1S/C21H16ClN3OS/c1-13-3-5-15(6-4-13)20-16(11-19-21(26)23-14(2)27-19)12-25(24-20)18-9-7-17(22)8-10-18/h3-12H,2H2,1H3,(H,23,26)/b19-11-. The van der Waals surface area contributed by atoms with Crippen molar-refractivity contribution in [3.05, 3.63) is 90.4 Å². The fraction of sp³-hybridized carbons (Fsp3) is 0.0476. The highest BCUT2D eigenvalue weighted by molar-refractivity contribution is 7.07. The lowest BCUT2D eigenvalue weighted by Crippen LogP contribution is -2.19. The number of H-pyrrole nitrogens is 1. The van der Waals surface area contributed by atoms with Gasteiger partial charge in [-0.05, 0) is 37.3 Å². The second-order valence-electron chi connectivity index (χ2n) is 6.21. The van der Waals surface area contributed by atoms with Gasteiger partial charge in [-0.1, -0.05) is 48.0 Å². The monoisotopic (exact) mass is 393 g/mol. The van der Waals surface area contributed by atoms with Crippen molar-refractivity contribution in [1.82, 2.24) is 14.8 Å². The van der Waals surface area contributed by atoms with E-state index in [1.165, 1.54) is 16.9 Å². The number of hydrogen-bond acceptors (Lipinski definition) is 3. The van der Waals surface area contributed by atoms with Crippen molar-refractivity contribution in [3.63, 3.8) is 0 Å². The van der Waals surface area contributed by atoms with Crippen LogP contribution in [0, 0.1) is 6.92 Å². The first-order valence-electron chi connectivity index (χ1n) is 8.32. The Bertz CT molecular complexity index is 1260. The zero-order valence-corrected chi connectivity index (χ0v) is 16.1. The van der Waals surface area contributed by atoms with Crippen LogP contribution in [0.3, 0.4) is 0 Å². The fourth-order valence-electron chi connectivity index (χ4n) is 2.78. The van der Waals surface area contributed by atoms with Gasteiger partial charge in [0.05, 0.1) is 20.6 Å². The van der Waals surface area contributed by atoms with Gasteiger partial charge in [-0.2, -0.15) is 5.10 Å². The van der Waals surface area contributed by atoms with Gasteiger partial charge in [-0.3, -0.25) is 4.79 Å². The number of aromatic nitrogens is 3. The minimum absolute atomic E-state index is 0.140. The number of aryl methyl sites for hydroxylation is 1. The summed E-state index contributed by atoms with van der Waals surface area (Å²) in [4.78, 5) is 14.8. The Balaban J connectivity index is 1.92. The van der Waals surface area contributed by atoms with E-state index in [1.54, 1.807) is 4.68 Å². The molecular weight excluding hydrogens is 378 g/mol. The normalized spacial score (nSPS) is 11.9. The van der Waals surface area contributed by atoms with E-state index in [2.05, 4.69) is 11.6 Å². The molecule has 27 heavy (non-hydrogen) atoms. The van der Waals surface area contributed by atoms with Crippen molar-refractivity contribution in [2.45, 2.75) is 6.92 Å². The van der Waals surface area contributed by atoms with Crippen LogP contribution in [-0.4, -0.2) is 14.8 Å². The highest BCUT2D eigenvalue weighted by Crippen LogP contribution is 2.25. The lowest BCUT2D eigenvalue weighted by atomic mass is 10.1. The zero-order chi connectivity index (χ0) is 19.0. The minimum atomic E-state index is -0.140. The summed E-state index contributed by atoms with van der Waals surface area (Å²) in [5.41, 5.74) is 4.59. The van der Waals surface area contributed by atoms with Gasteiger partial charge in [-0.25, -0.2) is 4.68 Å². The molecule has 4 aromatic rings. The molecule has 0 aliphatic carbocycles. The molecular formula is C21H16ClN3OS. The number of hydrogen-bond donors (Lipinski definition) is 1. The van der Waals surface area contributed by atoms with Gasteiger partial charge >= 0.3 is 0 Å². The Morgan fingerprint density at radius 2 is 1.85 bits per heavy atom. The first kappa shape index (κ1) is 17.5. The number of aromatic amines is 1. The summed E-state index contributed by atoms with van der Waals surface area (Å²) in [6.45, 7) is 5.85. The number of halogens is 1. The Labute approximate surface area is 164 Å². The molecule has 134 valence electrons. The maximum atomic E-state index is 12.1. The van der Waals surface area contributed by atoms with E-state index in [9.17, 15) is 4.79 Å². The average Bonchev–Trinajstić information content (AvgIpc) is 3.20. The topological polar surface area (TPSA) is 50.7 Å². The third kappa shape index (κ3) is 3.65. The second kappa shape index (κ2) is 7.02. The molecule has 0 radical (unpaired) electrons. The predicted molar refractivity (Wildman–Crippen MR) is 112 cm³/mol. The van der Waals surface area contributed by atoms with Crippen LogP contribution in [0.4, 0.5) is 0 Å². The van der Waals surface area contributed by atoms with E-state index in [-0.39, 0.29) is 5.56 Å². The Morgan fingerprint density at radius 1 is 1.15 bits per heavy atom. The van der Waals surface area contributed by atoms with Gasteiger partial charge in [0.15, 0.2) is 0 Å². The van der Waals surface area contributed by atoms with Crippen LogP contribution in [0.1, 0.15) is 11.1 Å². The summed E-state index contributed by atoms with van der Waals surface area (Å²) in [6.07, 6.45) is 3.77. The number of nitrogens with zero attached hydrogens (tertiary/aromatic N) is 2. The predicted octanol–water partition coefficient (Wildman–Crippen LogP) is 3.49. The van der Waals surface area contributed by atoms with Crippen molar-refractivity contribution in [2.75, 3.05) is 0 Å². The molecule has 0 unspecified atom stereocenters. The Hall–Kier alpha value is -2.89. The van der Waals surface area contributed by atoms with Crippen molar-refractivity contribution in [3.8, 4) is 16.9 Å². The molecule has 0 atom stereocenters. The van der Waals surface area contributed by atoms with Crippen molar-refractivity contribution < 1.29 is 0 Å². The first-order chi connectivity index (χ1) is 13.0. The highest BCUT2D eigenvalue weighted by atomic mass is 35.5. The average molecular weight is 394 g/mol. The van der Waals surface area contributed by atoms with Crippen LogP contribution in [-0.2, 0) is 0 Å². The van der Waals surface area contributed by atoms with Gasteiger partial charge < -0.3 is 4.98 Å². The Morgan fingerprint density at radius 3 is 2.48 bits per heavy atom. The van der Waals surface area contributed by atoms with E-state index >= 15 is 0 Å². The van der Waals surface area contributed by atoms with Crippen LogP contribution in [0.25, 0.3) is 29.6 Å². The van der Waals surface area contributed by atoms with E-state index in [1.807, 2.05) is 67.7 Å². The van der Waals surface area contributed by atoms with Gasteiger partial charge in [0.1, 0.15) is 0 Å². The largest absolute Gasteiger partial charge is 0.313 e. The van der Waals surface area contributed by atoms with Gasteiger partial charge in [0.25, 0.3) is 5.56 Å². The van der Waals surface area contributed by atoms with E-state index in [0.29, 0.717) is 14.2 Å². The molecule has 0 amide bonds. The smallest absolute Gasteiger partial charge is 0.266 e. The fourth-order valence-corrected chi connectivity index (χ4v) is 3.65. The van der Waals surface area contributed by atoms with Crippen LogP contribution in [0.15, 0.2) is 59.5 Å². The molecule has 4 nitrogen and oxygen atoms in total. The highest BCUT2D eigenvalue weighted by Gasteiger charge is 2.11. The molecule has 1 N–H and O–H groups in total. The third-order valence-corrected chi connectivity index (χ3v) is 5.28. The molecule has 2 aromatic heterocycles. The SMILES string of the molecule is C=c1[nH]c(=O)/c(=C/c2cn(-c3ccc(Cl)cc3)nc2-c2ccc(C)cc2)s1. The van der Waals surface area contributed by atoms with Gasteiger partial charge in [0.2, 0.25) is 0 Å². The molecule has 0 saturated carbocycles. The van der Waals surface area contributed by atoms with Crippen LogP contribution in [0.2, 0.25) is 5.02 Å². The lowest BCUT2D eigenvalue weighted by molar-refractivity contribution is 0.884. The molecule has 0 fully saturated rings. The molecule has 0 bridgehead atoms. The quantitative estimate of drug-likeness (QED) is 0.579. The number of thiazole rings is 1. The van der Waals surface area contributed by atoms with Gasteiger partial charge in [0, 0.05) is 22.3 Å². The summed E-state index contributed by atoms with van der Waals surface area (Å²) in [6, 6.07) is 15.6. The molecule has 6 heteroatoms. The molecule has 2 heterocycles. The molecule has 0 saturated heterocycles. The van der Waals surface area contributed by atoms with Crippen molar-refractivity contribution >= 4 is 35.6 Å². The Kier molecular flexibility index (Phi) is 4.56. The molecule has 0 spiro atoms. The summed E-state index contributed by atoms with van der Waals surface area (Å²) in [5, 5.41) is 5.43. The number of rotatable bonds is 3. The second-order valence-corrected chi connectivity index (χ2v) is 7.78. The van der Waals surface area contributed by atoms with Gasteiger partial charge in [-0.15, -0.1) is 11.3 Å². The summed E-state index contributed by atoms with van der Waals surface area (Å²) >= 11 is 7.33. The molecule has 2 aromatic carbocycles. The van der Waals surface area contributed by atoms with E-state index in [0.717, 1.165) is 22.5 Å².